The molecule has 6 rings (SSSR count). The Labute approximate surface area is 175 Å². The molecule has 139 valence electrons. The first kappa shape index (κ1) is 17.4. The third-order valence-electron chi connectivity index (χ3n) is 5.82. The first-order valence-corrected chi connectivity index (χ1v) is 9.13. The van der Waals surface area contributed by atoms with E-state index >= 15 is 0 Å². The molecule has 0 saturated heterocycles. The molecule has 4 nitrogen and oxygen atoms in total. The molecule has 3 aromatic carbocycles. The van der Waals surface area contributed by atoms with Gasteiger partial charge in [0.2, 0.25) is 5.78 Å². The van der Waals surface area contributed by atoms with Crippen LogP contribution in [0.25, 0.3) is 44.4 Å². The largest absolute Gasteiger partial charge is 0.320 e. The zero-order valence-electron chi connectivity index (χ0n) is 15.7. The van der Waals surface area contributed by atoms with Gasteiger partial charge in [-0.3, -0.25) is 4.98 Å². The molecule has 3 aromatic heterocycles. The van der Waals surface area contributed by atoms with Crippen molar-refractivity contribution in [1.29, 1.82) is 0 Å². The molecule has 1 radical (unpaired) electrons. The molecule has 0 aliphatic rings. The summed E-state index contributed by atoms with van der Waals surface area (Å²) in [5.74, 6) is 0.897. The Morgan fingerprint density at radius 3 is 2.46 bits per heavy atom. The van der Waals surface area contributed by atoms with Crippen LogP contribution in [-0.4, -0.2) is 18.8 Å². The summed E-state index contributed by atoms with van der Waals surface area (Å²) in [5.41, 5.74) is 10.0. The monoisotopic (exact) mass is 542 g/mol. The van der Waals surface area contributed by atoms with Crippen molar-refractivity contribution in [1.82, 2.24) is 18.8 Å². The number of aryl methyl sites for hydroxylation is 2. The number of rotatable bonds is 0. The maximum Gasteiger partial charge on any atom is 0.204 e. The van der Waals surface area contributed by atoms with Gasteiger partial charge >= 0.3 is 0 Å². The fourth-order valence-electron chi connectivity index (χ4n) is 4.19. The van der Waals surface area contributed by atoms with Crippen LogP contribution in [-0.2, 0) is 20.1 Å². The van der Waals surface area contributed by atoms with Crippen LogP contribution in [0.5, 0.6) is 0 Å². The summed E-state index contributed by atoms with van der Waals surface area (Å²) in [6.45, 7) is 6.50. The van der Waals surface area contributed by atoms with Crippen molar-refractivity contribution in [3.05, 3.63) is 71.3 Å². The third-order valence-corrected chi connectivity index (χ3v) is 5.82. The second-order valence-electron chi connectivity index (χ2n) is 7.25. The van der Waals surface area contributed by atoms with Crippen LogP contribution in [0.1, 0.15) is 16.7 Å². The number of para-hydroxylation sites is 2. The summed E-state index contributed by atoms with van der Waals surface area (Å²) in [4.78, 5) is 9.99. The Balaban J connectivity index is 0.00000171. The Morgan fingerprint density at radius 1 is 0.821 bits per heavy atom. The quantitative estimate of drug-likeness (QED) is 0.249. The number of imidazole rings is 2. The second-order valence-corrected chi connectivity index (χ2v) is 7.25. The van der Waals surface area contributed by atoms with Crippen LogP contribution in [0, 0.1) is 26.8 Å². The zero-order valence-corrected chi connectivity index (χ0v) is 18.1. The van der Waals surface area contributed by atoms with E-state index in [1.807, 2.05) is 24.3 Å². The number of benzene rings is 3. The summed E-state index contributed by atoms with van der Waals surface area (Å²) in [7, 11) is 0. The predicted molar refractivity (Wildman–Crippen MR) is 110 cm³/mol. The van der Waals surface area contributed by atoms with Crippen molar-refractivity contribution in [2.75, 3.05) is 0 Å². The van der Waals surface area contributed by atoms with Gasteiger partial charge in [-0.05, 0) is 61.2 Å². The van der Waals surface area contributed by atoms with Crippen LogP contribution in [0.4, 0.5) is 0 Å². The van der Waals surface area contributed by atoms with E-state index in [4.69, 9.17) is 9.97 Å². The molecule has 0 amide bonds. The molecule has 6 aromatic rings. The normalized spacial score (nSPS) is 11.8. The van der Waals surface area contributed by atoms with Gasteiger partial charge in [-0.2, -0.15) is 0 Å². The van der Waals surface area contributed by atoms with Crippen molar-refractivity contribution in [3.8, 4) is 0 Å². The molecule has 28 heavy (non-hydrogen) atoms. The van der Waals surface area contributed by atoms with E-state index < -0.39 is 0 Å². The maximum absolute atomic E-state index is 5.09. The molecule has 0 atom stereocenters. The fraction of sp³-hybridized carbons (Fsp3) is 0.130. The minimum Gasteiger partial charge on any atom is -0.320 e. The summed E-state index contributed by atoms with van der Waals surface area (Å²) >= 11 is 0. The first-order chi connectivity index (χ1) is 13.1. The predicted octanol–water partition coefficient (Wildman–Crippen LogP) is 5.16. The molecule has 0 saturated carbocycles. The molecule has 0 unspecified atom stereocenters. The van der Waals surface area contributed by atoms with E-state index in [-0.39, 0.29) is 20.1 Å². The SMILES string of the molecule is Cc1cc2c(nc3n2c2ccc[c-]c2c2nc4ccccc4n23)c(C)c1C.[Ir]. The van der Waals surface area contributed by atoms with E-state index in [9.17, 15) is 0 Å². The summed E-state index contributed by atoms with van der Waals surface area (Å²) in [6.07, 6.45) is 0. The number of hydrogen-bond acceptors (Lipinski definition) is 2. The number of fused-ring (bicyclic) bond motifs is 10. The summed E-state index contributed by atoms with van der Waals surface area (Å²) in [5, 5.41) is 1.01. The van der Waals surface area contributed by atoms with Crippen molar-refractivity contribution >= 4 is 44.4 Å². The Bertz CT molecular complexity index is 1560. The standard InChI is InChI=1S/C23H17N4.Ir/c1-13-12-20-21(15(3)14(13)2)25-23-26(20)18-10-6-4-8-16(18)22-24-17-9-5-7-11-19(17)27(22)23;/h4-7,9-12H,1-3H3;/q-1;. The Kier molecular flexibility index (Phi) is 3.64. The average molecular weight is 542 g/mol. The van der Waals surface area contributed by atoms with Gasteiger partial charge in [-0.1, -0.05) is 17.5 Å². The van der Waals surface area contributed by atoms with Gasteiger partial charge in [0.1, 0.15) is 0 Å². The van der Waals surface area contributed by atoms with E-state index in [0.29, 0.717) is 0 Å². The average Bonchev–Trinajstić information content (AvgIpc) is 3.25. The first-order valence-electron chi connectivity index (χ1n) is 9.13. The molecule has 0 aliphatic carbocycles. The zero-order chi connectivity index (χ0) is 18.3. The molecule has 0 aliphatic heterocycles. The topological polar surface area (TPSA) is 34.6 Å². The van der Waals surface area contributed by atoms with E-state index in [2.05, 4.69) is 59.9 Å². The molecule has 0 bridgehead atoms. The van der Waals surface area contributed by atoms with Crippen LogP contribution in [0.2, 0.25) is 0 Å². The fourth-order valence-corrected chi connectivity index (χ4v) is 4.19. The Morgan fingerprint density at radius 2 is 1.61 bits per heavy atom. The maximum atomic E-state index is 5.09. The smallest absolute Gasteiger partial charge is 0.204 e. The number of nitrogens with zero attached hydrogens (tertiary/aromatic N) is 4. The van der Waals surface area contributed by atoms with Gasteiger partial charge < -0.3 is 8.80 Å². The number of aromatic nitrogens is 4. The molecule has 0 fully saturated rings. The van der Waals surface area contributed by atoms with Crippen LogP contribution >= 0.6 is 0 Å². The van der Waals surface area contributed by atoms with Crippen LogP contribution < -0.4 is 0 Å². The van der Waals surface area contributed by atoms with Gasteiger partial charge in [0.15, 0.2) is 0 Å². The molecule has 3 heterocycles. The van der Waals surface area contributed by atoms with Gasteiger partial charge in [-0.25, -0.2) is 4.98 Å². The van der Waals surface area contributed by atoms with Crippen molar-refractivity contribution in [3.63, 3.8) is 0 Å². The minimum atomic E-state index is 0. The Hall–Kier alpha value is -2.75. The molecule has 5 heteroatoms. The van der Waals surface area contributed by atoms with Crippen LogP contribution in [0.15, 0.2) is 48.5 Å². The van der Waals surface area contributed by atoms with Gasteiger partial charge in [0.05, 0.1) is 27.7 Å². The molecule has 0 spiro atoms. The van der Waals surface area contributed by atoms with E-state index in [0.717, 1.165) is 44.4 Å². The second kappa shape index (κ2) is 5.87. The van der Waals surface area contributed by atoms with E-state index in [1.54, 1.807) is 0 Å². The van der Waals surface area contributed by atoms with Gasteiger partial charge in [-0.15, -0.1) is 24.3 Å². The van der Waals surface area contributed by atoms with Crippen LogP contribution in [0.3, 0.4) is 0 Å². The van der Waals surface area contributed by atoms with Crippen molar-refractivity contribution in [2.24, 2.45) is 0 Å². The summed E-state index contributed by atoms with van der Waals surface area (Å²) in [6, 6.07) is 20.0. The van der Waals surface area contributed by atoms with Crippen molar-refractivity contribution < 1.29 is 20.1 Å². The molecule has 0 N–H and O–H groups in total. The third kappa shape index (κ3) is 2.03. The van der Waals surface area contributed by atoms with E-state index in [1.165, 1.54) is 16.7 Å². The summed E-state index contributed by atoms with van der Waals surface area (Å²) < 4.78 is 4.42. The number of hydrogen-bond donors (Lipinski definition) is 0. The minimum absolute atomic E-state index is 0. The molecular formula is C23H17IrN4-. The van der Waals surface area contributed by atoms with Gasteiger partial charge in [0, 0.05) is 20.1 Å². The van der Waals surface area contributed by atoms with Crippen molar-refractivity contribution in [2.45, 2.75) is 20.8 Å². The molecular weight excluding hydrogens is 524 g/mol. The van der Waals surface area contributed by atoms with Gasteiger partial charge in [0.25, 0.3) is 0 Å².